The van der Waals surface area contributed by atoms with Crippen LogP contribution >= 0.6 is 35.3 Å². The fraction of sp³-hybridized carbons (Fsp3) is 0.429. The highest BCUT2D eigenvalue weighted by Crippen LogP contribution is 2.25. The third-order valence-electron chi connectivity index (χ3n) is 3.46. The predicted octanol–water partition coefficient (Wildman–Crippen LogP) is 1.75. The van der Waals surface area contributed by atoms with Crippen LogP contribution in [0.4, 0.5) is 0 Å². The van der Waals surface area contributed by atoms with Crippen molar-refractivity contribution in [3.8, 4) is 0 Å². The molecule has 0 aliphatic carbocycles. The van der Waals surface area contributed by atoms with E-state index in [9.17, 15) is 9.90 Å². The van der Waals surface area contributed by atoms with Crippen LogP contribution < -0.4 is 10.6 Å². The number of aromatic nitrogens is 1. The summed E-state index contributed by atoms with van der Waals surface area (Å²) < 4.78 is 1.10. The van der Waals surface area contributed by atoms with Gasteiger partial charge in [-0.05, 0) is 24.6 Å². The third-order valence-corrected chi connectivity index (χ3v) is 4.79. The van der Waals surface area contributed by atoms with E-state index in [-0.39, 0.29) is 24.4 Å². The number of aliphatic hydroxyl groups excluding tert-OH is 1. The van der Waals surface area contributed by atoms with Gasteiger partial charge in [-0.25, -0.2) is 4.98 Å². The molecular weight excluding hydrogens is 345 g/mol. The van der Waals surface area contributed by atoms with Crippen molar-refractivity contribution in [2.75, 3.05) is 13.1 Å². The largest absolute Gasteiger partial charge is 0.392 e. The van der Waals surface area contributed by atoms with E-state index in [1.54, 1.807) is 11.3 Å². The van der Waals surface area contributed by atoms with Crippen LogP contribution in [0.15, 0.2) is 18.2 Å². The minimum absolute atomic E-state index is 0. The van der Waals surface area contributed by atoms with Crippen LogP contribution in [0.3, 0.4) is 0 Å². The monoisotopic (exact) mass is 361 g/mol. The number of thiazole rings is 1. The van der Waals surface area contributed by atoms with Gasteiger partial charge in [0.25, 0.3) is 0 Å². The topological polar surface area (TPSA) is 74.2 Å². The fourth-order valence-corrected chi connectivity index (χ4v) is 3.50. The second-order valence-electron chi connectivity index (χ2n) is 5.11. The van der Waals surface area contributed by atoms with E-state index in [1.165, 1.54) is 0 Å². The fourth-order valence-electron chi connectivity index (χ4n) is 2.39. The van der Waals surface area contributed by atoms with Crippen molar-refractivity contribution in [3.63, 3.8) is 0 Å². The van der Waals surface area contributed by atoms with E-state index in [1.807, 2.05) is 18.2 Å². The Kier molecular flexibility index (Phi) is 6.00. The summed E-state index contributed by atoms with van der Waals surface area (Å²) in [6.45, 7) is 1.03. The van der Waals surface area contributed by atoms with Gasteiger partial charge in [0.1, 0.15) is 0 Å². The van der Waals surface area contributed by atoms with Crippen LogP contribution in [0, 0.1) is 0 Å². The first-order chi connectivity index (χ1) is 10.1. The van der Waals surface area contributed by atoms with Gasteiger partial charge < -0.3 is 15.7 Å². The lowest BCUT2D eigenvalue weighted by atomic mass is 10.2. The Hall–Kier alpha value is -0.920. The van der Waals surface area contributed by atoms with Gasteiger partial charge in [-0.1, -0.05) is 11.6 Å². The predicted molar refractivity (Wildman–Crippen MR) is 91.0 cm³/mol. The maximum absolute atomic E-state index is 11.9. The molecule has 2 atom stereocenters. The zero-order chi connectivity index (χ0) is 14.8. The Morgan fingerprint density at radius 2 is 2.36 bits per heavy atom. The molecule has 1 aliphatic rings. The number of nitrogens with one attached hydrogen (secondary N) is 2. The average Bonchev–Trinajstić information content (AvgIpc) is 3.04. The summed E-state index contributed by atoms with van der Waals surface area (Å²) in [6.07, 6.45) is 0.749. The van der Waals surface area contributed by atoms with Crippen molar-refractivity contribution < 1.29 is 9.90 Å². The summed E-state index contributed by atoms with van der Waals surface area (Å²) in [4.78, 5) is 16.4. The SMILES string of the molecule is Cl.O=C(NCCc1nc2cc(Cl)ccc2s1)C1CC(O)CN1. The molecule has 1 aromatic heterocycles. The zero-order valence-electron chi connectivity index (χ0n) is 11.7. The summed E-state index contributed by atoms with van der Waals surface area (Å²) in [5.41, 5.74) is 0.898. The maximum Gasteiger partial charge on any atom is 0.237 e. The zero-order valence-corrected chi connectivity index (χ0v) is 14.1. The van der Waals surface area contributed by atoms with Gasteiger partial charge in [-0.15, -0.1) is 23.7 Å². The number of hydrogen-bond donors (Lipinski definition) is 3. The van der Waals surface area contributed by atoms with Crippen LogP contribution in [-0.4, -0.2) is 41.2 Å². The molecule has 1 aliphatic heterocycles. The number of carbonyl (C=O) groups is 1. The lowest BCUT2D eigenvalue weighted by molar-refractivity contribution is -0.122. The van der Waals surface area contributed by atoms with Crippen molar-refractivity contribution in [2.45, 2.75) is 25.0 Å². The quantitative estimate of drug-likeness (QED) is 0.775. The molecule has 5 nitrogen and oxygen atoms in total. The van der Waals surface area contributed by atoms with Gasteiger partial charge >= 0.3 is 0 Å². The lowest BCUT2D eigenvalue weighted by Crippen LogP contribution is -2.41. The van der Waals surface area contributed by atoms with Crippen LogP contribution in [0.1, 0.15) is 11.4 Å². The van der Waals surface area contributed by atoms with E-state index in [4.69, 9.17) is 11.6 Å². The second kappa shape index (κ2) is 7.57. The minimum Gasteiger partial charge on any atom is -0.392 e. The second-order valence-corrected chi connectivity index (χ2v) is 6.66. The number of benzene rings is 1. The standard InChI is InChI=1S/C14H16ClN3O2S.ClH/c15-8-1-2-12-10(5-8)18-13(21-12)3-4-16-14(20)11-6-9(19)7-17-11;/h1-2,5,9,11,17,19H,3-4,6-7H2,(H,16,20);1H. The Bertz CT molecular complexity index is 665. The van der Waals surface area contributed by atoms with Crippen LogP contribution in [0.25, 0.3) is 10.2 Å². The van der Waals surface area contributed by atoms with E-state index in [0.29, 0.717) is 31.0 Å². The third kappa shape index (κ3) is 4.08. The Morgan fingerprint density at radius 3 is 3.09 bits per heavy atom. The molecule has 1 aromatic carbocycles. The summed E-state index contributed by atoms with van der Waals surface area (Å²) in [5, 5.41) is 16.9. The van der Waals surface area contributed by atoms with E-state index >= 15 is 0 Å². The Balaban J connectivity index is 0.00000176. The molecule has 0 bridgehead atoms. The van der Waals surface area contributed by atoms with Gasteiger partial charge in [-0.2, -0.15) is 0 Å². The number of β-amino-alcohol motifs (C(OH)–C–C–N with tert-alkyl or cyclic N) is 1. The first kappa shape index (κ1) is 17.4. The van der Waals surface area contributed by atoms with Gasteiger partial charge in [0.05, 0.1) is 27.4 Å². The Labute approximate surface area is 143 Å². The molecule has 2 aromatic rings. The van der Waals surface area contributed by atoms with Crippen molar-refractivity contribution in [3.05, 3.63) is 28.2 Å². The molecule has 1 saturated heterocycles. The molecule has 1 amide bonds. The van der Waals surface area contributed by atoms with E-state index < -0.39 is 6.10 Å². The summed E-state index contributed by atoms with van der Waals surface area (Å²) in [5.74, 6) is -0.0595. The van der Waals surface area contributed by atoms with Crippen LogP contribution in [-0.2, 0) is 11.2 Å². The number of rotatable bonds is 4. The molecule has 1 fully saturated rings. The number of amides is 1. The molecule has 120 valence electrons. The molecule has 0 radical (unpaired) electrons. The number of aliphatic hydroxyl groups is 1. The van der Waals surface area contributed by atoms with Crippen molar-refractivity contribution in [2.24, 2.45) is 0 Å². The molecule has 3 rings (SSSR count). The smallest absolute Gasteiger partial charge is 0.237 e. The highest BCUT2D eigenvalue weighted by molar-refractivity contribution is 7.18. The summed E-state index contributed by atoms with van der Waals surface area (Å²) in [7, 11) is 0. The van der Waals surface area contributed by atoms with Crippen molar-refractivity contribution in [1.82, 2.24) is 15.6 Å². The highest BCUT2D eigenvalue weighted by Gasteiger charge is 2.27. The number of fused-ring (bicyclic) bond motifs is 1. The molecule has 2 unspecified atom stereocenters. The molecular formula is C14H17Cl2N3O2S. The lowest BCUT2D eigenvalue weighted by Gasteiger charge is -2.10. The maximum atomic E-state index is 11.9. The normalized spacial score (nSPS) is 20.8. The van der Waals surface area contributed by atoms with Crippen molar-refractivity contribution in [1.29, 1.82) is 0 Å². The number of halogens is 2. The van der Waals surface area contributed by atoms with E-state index in [0.717, 1.165) is 15.2 Å². The van der Waals surface area contributed by atoms with Crippen molar-refractivity contribution >= 4 is 51.5 Å². The highest BCUT2D eigenvalue weighted by atomic mass is 35.5. The number of nitrogens with zero attached hydrogens (tertiary/aromatic N) is 1. The van der Waals surface area contributed by atoms with E-state index in [2.05, 4.69) is 15.6 Å². The molecule has 22 heavy (non-hydrogen) atoms. The molecule has 0 saturated carbocycles. The van der Waals surface area contributed by atoms with Gasteiger partial charge in [0, 0.05) is 24.5 Å². The van der Waals surface area contributed by atoms with Gasteiger partial charge in [-0.3, -0.25) is 4.79 Å². The minimum atomic E-state index is -0.422. The van der Waals surface area contributed by atoms with Crippen LogP contribution in [0.2, 0.25) is 5.02 Å². The number of hydrogen-bond acceptors (Lipinski definition) is 5. The van der Waals surface area contributed by atoms with Gasteiger partial charge in [0.2, 0.25) is 5.91 Å². The first-order valence-corrected chi connectivity index (χ1v) is 8.05. The number of carbonyl (C=O) groups excluding carboxylic acids is 1. The average molecular weight is 362 g/mol. The molecule has 2 heterocycles. The summed E-state index contributed by atoms with van der Waals surface area (Å²) >= 11 is 7.55. The summed E-state index contributed by atoms with van der Waals surface area (Å²) in [6, 6.07) is 5.37. The molecule has 8 heteroatoms. The first-order valence-electron chi connectivity index (χ1n) is 6.86. The Morgan fingerprint density at radius 1 is 1.55 bits per heavy atom. The molecule has 3 N–H and O–H groups in total. The van der Waals surface area contributed by atoms with Gasteiger partial charge in [0.15, 0.2) is 0 Å². The molecule has 0 spiro atoms. The van der Waals surface area contributed by atoms with Crippen LogP contribution in [0.5, 0.6) is 0 Å².